The summed E-state index contributed by atoms with van der Waals surface area (Å²) < 4.78 is 7.65. The van der Waals surface area contributed by atoms with Gasteiger partial charge >= 0.3 is 0 Å². The van der Waals surface area contributed by atoms with Crippen LogP contribution in [0.25, 0.3) is 93.6 Å². The standard InChI is InChI=1S/C96H94BN5/c1-91(2,3)61-37-44-84-76(53-61)77-54-62(92(4,5)6)38-45-85(77)100(84)71-57-88-90-89(58-71)102(70-51-65(95(13,14)15)48-66(52-70)96(16,17)18)87-56-68(99-82-35-27-24-32-74(82)75-46-60(36-43-83(75)99)59-28-20-19-21-29-59)40-42-79(87)97(90)78-41-39-67(98-80-33-25-22-30-72(80)73-31-23-26-34-81(73)98)55-86(78)101(88)69-49-63(93(7,8)9)47-64(50-69)94(10,11)12/h19-58H,1-18H3. The van der Waals surface area contributed by atoms with Crippen molar-refractivity contribution in [1.82, 2.24) is 13.7 Å². The summed E-state index contributed by atoms with van der Waals surface area (Å²) >= 11 is 0. The zero-order valence-electron chi connectivity index (χ0n) is 62.9. The third kappa shape index (κ3) is 10.5. The van der Waals surface area contributed by atoms with Crippen LogP contribution in [0.3, 0.4) is 0 Å². The Morgan fingerprint density at radius 1 is 0.216 bits per heavy atom. The van der Waals surface area contributed by atoms with Crippen molar-refractivity contribution < 1.29 is 0 Å². The number of rotatable bonds is 6. The third-order valence-corrected chi connectivity index (χ3v) is 22.5. The molecule has 0 fully saturated rings. The van der Waals surface area contributed by atoms with Crippen molar-refractivity contribution in [2.75, 3.05) is 9.80 Å². The molecule has 0 saturated heterocycles. The van der Waals surface area contributed by atoms with E-state index >= 15 is 0 Å². The summed E-state index contributed by atoms with van der Waals surface area (Å²) in [5.74, 6) is 0. The van der Waals surface area contributed by atoms with Crippen LogP contribution in [0.1, 0.15) is 158 Å². The summed E-state index contributed by atoms with van der Waals surface area (Å²) in [6.45, 7) is 42.4. The average Bonchev–Trinajstić information content (AvgIpc) is 0.728. The Balaban J connectivity index is 1.05. The van der Waals surface area contributed by atoms with Gasteiger partial charge in [-0.2, -0.15) is 0 Å². The molecule has 0 radical (unpaired) electrons. The second kappa shape index (κ2) is 22.6. The molecule has 3 aromatic heterocycles. The Labute approximate surface area is 603 Å². The zero-order valence-corrected chi connectivity index (χ0v) is 62.9. The van der Waals surface area contributed by atoms with Crippen LogP contribution in [-0.4, -0.2) is 20.4 Å². The van der Waals surface area contributed by atoms with Crippen LogP contribution in [0, 0.1) is 0 Å². The summed E-state index contributed by atoms with van der Waals surface area (Å²) in [5, 5.41) is 7.48. The van der Waals surface area contributed by atoms with Gasteiger partial charge in [-0.15, -0.1) is 0 Å². The van der Waals surface area contributed by atoms with Crippen molar-refractivity contribution in [2.45, 2.75) is 157 Å². The van der Waals surface area contributed by atoms with Crippen molar-refractivity contribution in [1.29, 1.82) is 0 Å². The van der Waals surface area contributed by atoms with Crippen LogP contribution in [0.5, 0.6) is 0 Å². The van der Waals surface area contributed by atoms with Gasteiger partial charge < -0.3 is 23.5 Å². The quantitative estimate of drug-likeness (QED) is 0.155. The van der Waals surface area contributed by atoms with Crippen LogP contribution >= 0.6 is 0 Å². The van der Waals surface area contributed by atoms with Gasteiger partial charge in [0.05, 0.1) is 38.8 Å². The highest BCUT2D eigenvalue weighted by molar-refractivity contribution is 7.00. The smallest absolute Gasteiger partial charge is 0.252 e. The molecule has 0 spiro atoms. The molecule has 6 heteroatoms. The molecule has 0 aliphatic carbocycles. The van der Waals surface area contributed by atoms with Gasteiger partial charge in [-0.1, -0.05) is 252 Å². The Morgan fingerprint density at radius 2 is 0.539 bits per heavy atom. The molecule has 15 aromatic rings. The zero-order chi connectivity index (χ0) is 71.2. The molecule has 2 aliphatic rings. The SMILES string of the molecule is CC(C)(C)c1cc(N2c3cc(-n4c5ccccc5c5ccccc54)ccc3B3c4ccc(-n5c6ccccc6c6cc(-c7ccccc7)ccc65)cc4N(c4cc(C(C)(C)C)cc(C(C)(C)C)c4)c4cc(-n5c6ccc(C(C)(C)C)cc6c6cc(C(C)(C)C)ccc65)cc2c43)cc(C(C)(C)C)c1. The number of para-hydroxylation sites is 3. The Morgan fingerprint density at radius 3 is 0.931 bits per heavy atom. The number of benzene rings is 12. The summed E-state index contributed by atoms with van der Waals surface area (Å²) in [4.78, 5) is 5.40. The van der Waals surface area contributed by atoms with Crippen molar-refractivity contribution in [2.24, 2.45) is 0 Å². The largest absolute Gasteiger partial charge is 0.311 e. The average molecular weight is 1330 g/mol. The second-order valence-electron chi connectivity index (χ2n) is 35.6. The van der Waals surface area contributed by atoms with E-state index in [1.165, 1.54) is 126 Å². The molecule has 0 atom stereocenters. The summed E-state index contributed by atoms with van der Waals surface area (Å²) in [5.41, 5.74) is 30.6. The first-order valence-corrected chi connectivity index (χ1v) is 36.9. The second-order valence-corrected chi connectivity index (χ2v) is 35.6. The first kappa shape index (κ1) is 65.0. The summed E-state index contributed by atoms with van der Waals surface area (Å²) in [6.07, 6.45) is 0. The molecule has 0 N–H and O–H groups in total. The molecular weight excluding hydrogens is 1230 g/mol. The van der Waals surface area contributed by atoms with Crippen molar-refractivity contribution in [3.8, 4) is 28.2 Å². The number of hydrogen-bond donors (Lipinski definition) is 0. The minimum Gasteiger partial charge on any atom is -0.311 e. The minimum atomic E-state index is -0.197. The molecule has 5 nitrogen and oxygen atoms in total. The lowest BCUT2D eigenvalue weighted by Crippen LogP contribution is -2.61. The molecule has 102 heavy (non-hydrogen) atoms. The van der Waals surface area contributed by atoms with Gasteiger partial charge in [-0.05, 0) is 209 Å². The fourth-order valence-electron chi connectivity index (χ4n) is 16.6. The normalized spacial score (nSPS) is 13.7. The highest BCUT2D eigenvalue weighted by atomic mass is 15.2. The number of fused-ring (bicyclic) bond motifs is 13. The maximum atomic E-state index is 2.70. The van der Waals surface area contributed by atoms with Gasteiger partial charge in [0.1, 0.15) is 0 Å². The first-order chi connectivity index (χ1) is 48.4. The lowest BCUT2D eigenvalue weighted by molar-refractivity contribution is 0.568. The molecule has 12 aromatic carbocycles. The van der Waals surface area contributed by atoms with E-state index in [1.807, 2.05) is 0 Å². The van der Waals surface area contributed by atoms with Crippen LogP contribution in [0.2, 0.25) is 0 Å². The van der Waals surface area contributed by atoms with Gasteiger partial charge in [0, 0.05) is 77.8 Å². The maximum absolute atomic E-state index is 2.70. The molecular formula is C96H94BN5. The van der Waals surface area contributed by atoms with Gasteiger partial charge in [-0.3, -0.25) is 0 Å². The molecule has 17 rings (SSSR count). The molecule has 0 bridgehead atoms. The Hall–Kier alpha value is -10.3. The number of anilines is 6. The summed E-state index contributed by atoms with van der Waals surface area (Å²) in [6, 6.07) is 94.6. The fraction of sp³-hybridized carbons (Fsp3) is 0.250. The third-order valence-electron chi connectivity index (χ3n) is 22.5. The fourth-order valence-corrected chi connectivity index (χ4v) is 16.6. The minimum absolute atomic E-state index is 0.0701. The van der Waals surface area contributed by atoms with E-state index in [-0.39, 0.29) is 39.2 Å². The van der Waals surface area contributed by atoms with Gasteiger partial charge in [0.2, 0.25) is 0 Å². The Bertz CT molecular complexity index is 5770. The molecule has 5 heterocycles. The van der Waals surface area contributed by atoms with E-state index < -0.39 is 0 Å². The number of nitrogens with zero attached hydrogens (tertiary/aromatic N) is 5. The predicted octanol–water partition coefficient (Wildman–Crippen LogP) is 24.5. The van der Waals surface area contributed by atoms with E-state index in [4.69, 9.17) is 0 Å². The summed E-state index contributed by atoms with van der Waals surface area (Å²) in [7, 11) is 0. The molecule has 506 valence electrons. The van der Waals surface area contributed by atoms with Crippen LogP contribution in [0.15, 0.2) is 243 Å². The van der Waals surface area contributed by atoms with Crippen molar-refractivity contribution in [3.05, 3.63) is 276 Å². The van der Waals surface area contributed by atoms with Crippen molar-refractivity contribution >= 4 is 123 Å². The van der Waals surface area contributed by atoms with Gasteiger partial charge in [0.25, 0.3) is 6.71 Å². The first-order valence-electron chi connectivity index (χ1n) is 36.9. The highest BCUT2D eigenvalue weighted by Gasteiger charge is 2.45. The number of aromatic nitrogens is 3. The molecule has 0 amide bonds. The van der Waals surface area contributed by atoms with E-state index in [0.29, 0.717) is 0 Å². The lowest BCUT2D eigenvalue weighted by Gasteiger charge is -2.45. The van der Waals surface area contributed by atoms with E-state index in [2.05, 4.69) is 391 Å². The molecule has 2 aliphatic heterocycles. The van der Waals surface area contributed by atoms with Crippen LogP contribution < -0.4 is 26.2 Å². The predicted molar refractivity (Wildman–Crippen MR) is 441 cm³/mol. The van der Waals surface area contributed by atoms with Crippen LogP contribution in [0.4, 0.5) is 34.1 Å². The van der Waals surface area contributed by atoms with Gasteiger partial charge in [-0.25, -0.2) is 0 Å². The van der Waals surface area contributed by atoms with Gasteiger partial charge in [0.15, 0.2) is 0 Å². The number of hydrogen-bond acceptors (Lipinski definition) is 2. The van der Waals surface area contributed by atoms with E-state index in [9.17, 15) is 0 Å². The monoisotopic (exact) mass is 1330 g/mol. The lowest BCUT2D eigenvalue weighted by atomic mass is 9.33. The molecule has 0 unspecified atom stereocenters. The topological polar surface area (TPSA) is 21.3 Å². The molecule has 0 saturated carbocycles. The van der Waals surface area contributed by atoms with Crippen molar-refractivity contribution in [3.63, 3.8) is 0 Å². The highest BCUT2D eigenvalue weighted by Crippen LogP contribution is 2.51. The van der Waals surface area contributed by atoms with E-state index in [0.717, 1.165) is 51.2 Å². The maximum Gasteiger partial charge on any atom is 0.252 e. The van der Waals surface area contributed by atoms with Crippen LogP contribution in [-0.2, 0) is 32.5 Å². The van der Waals surface area contributed by atoms with E-state index in [1.54, 1.807) is 0 Å². The Kier molecular flexibility index (Phi) is 14.4.